The van der Waals surface area contributed by atoms with Crippen molar-refractivity contribution >= 4 is 30.3 Å². The average molecular weight is 443 g/mol. The van der Waals surface area contributed by atoms with E-state index in [2.05, 4.69) is 9.98 Å². The van der Waals surface area contributed by atoms with Gasteiger partial charge in [0.2, 0.25) is 24.3 Å². The Balaban J connectivity index is -0.0000000195. The largest absolute Gasteiger partial charge is 0.481 e. The maximum Gasteiger partial charge on any atom is 0.303 e. The molecular formula is C20H50N4O6. The highest BCUT2D eigenvalue weighted by molar-refractivity contribution is 5.66. The van der Waals surface area contributed by atoms with E-state index in [0.29, 0.717) is 25.7 Å². The van der Waals surface area contributed by atoms with Gasteiger partial charge in [0.05, 0.1) is 0 Å². The molecule has 0 aliphatic rings. The van der Waals surface area contributed by atoms with E-state index in [1.165, 1.54) is 12.2 Å². The van der Waals surface area contributed by atoms with Crippen molar-refractivity contribution in [3.63, 3.8) is 0 Å². The Labute approximate surface area is 186 Å². The van der Waals surface area contributed by atoms with Crippen molar-refractivity contribution < 1.29 is 29.1 Å². The normalized spacial score (nSPS) is 6.00. The van der Waals surface area contributed by atoms with Crippen LogP contribution in [0.4, 0.5) is 0 Å². The Bertz CT molecular complexity index is 416. The highest BCUT2D eigenvalue weighted by atomic mass is 16.4. The van der Waals surface area contributed by atoms with Gasteiger partial charge in [-0.25, -0.2) is 30.0 Å². The zero-order chi connectivity index (χ0) is 16.9. The van der Waals surface area contributed by atoms with Gasteiger partial charge in [-0.2, -0.15) is 9.98 Å². The number of aliphatic carboxylic acids is 1. The van der Waals surface area contributed by atoms with Crippen LogP contribution in [0.5, 0.6) is 0 Å². The van der Waals surface area contributed by atoms with E-state index in [1.807, 2.05) is 0 Å². The minimum atomic E-state index is -0.830. The Morgan fingerprint density at radius 2 is 1.00 bits per heavy atom. The van der Waals surface area contributed by atoms with Gasteiger partial charge in [0, 0.05) is 6.42 Å². The van der Waals surface area contributed by atoms with E-state index in [-0.39, 0.29) is 73.3 Å². The van der Waals surface area contributed by atoms with E-state index >= 15 is 0 Å². The number of nitrogens with one attached hydrogen (secondary N) is 2. The van der Waals surface area contributed by atoms with Crippen molar-refractivity contribution in [1.29, 1.82) is 10.8 Å². The number of hydrogen-bond acceptors (Lipinski definition) is 9. The number of isocyanates is 4. The zero-order valence-corrected chi connectivity index (χ0v) is 11.0. The number of carbonyl (C=O) groups is 1. The van der Waals surface area contributed by atoms with Gasteiger partial charge in [0.25, 0.3) is 0 Å². The van der Waals surface area contributed by atoms with Crippen molar-refractivity contribution in [2.45, 2.75) is 105 Å². The fourth-order valence-corrected chi connectivity index (χ4v) is 1.06. The lowest BCUT2D eigenvalue weighted by molar-refractivity contribution is -0.137. The number of rotatable bonds is 8. The Kier molecular flexibility index (Phi) is 224. The van der Waals surface area contributed by atoms with E-state index in [0.717, 1.165) is 12.2 Å². The molecule has 0 spiro atoms. The molecule has 3 N–H and O–H groups in total. The van der Waals surface area contributed by atoms with Gasteiger partial charge >= 0.3 is 5.97 Å². The standard InChI is InChI=1S/C9H12N2O4.2CHNO.9CH4/c12-6-10-8(11-7-13)4-2-1-3-5-9(14)15;2*2-1-3;;;;;;;;;/h8H,1-5H2,(H,14,15);2*2H;9*1H4. The lowest BCUT2D eigenvalue weighted by Gasteiger charge is -2.01. The van der Waals surface area contributed by atoms with Crippen LogP contribution in [0.15, 0.2) is 9.98 Å². The summed E-state index contributed by atoms with van der Waals surface area (Å²) in [5.74, 6) is -0.830. The molecule has 10 heteroatoms. The molecule has 10 nitrogen and oxygen atoms in total. The average Bonchev–Trinajstić information content (AvgIpc) is 2.40. The molecular weight excluding hydrogens is 392 g/mol. The number of unbranched alkanes of at least 4 members (excludes halogenated alkanes) is 2. The zero-order valence-electron chi connectivity index (χ0n) is 11.0. The van der Waals surface area contributed by atoms with Crippen molar-refractivity contribution in [1.82, 2.24) is 0 Å². The lowest BCUT2D eigenvalue weighted by Crippen LogP contribution is -2.00. The van der Waals surface area contributed by atoms with Crippen LogP contribution in [0.25, 0.3) is 0 Å². The number of aliphatic imine (C=N–C) groups is 2. The summed E-state index contributed by atoms with van der Waals surface area (Å²) in [6, 6.07) is 0. The number of hydrogen-bond donors (Lipinski definition) is 3. The summed E-state index contributed by atoms with van der Waals surface area (Å²) in [7, 11) is 0. The van der Waals surface area contributed by atoms with Crippen LogP contribution in [0.1, 0.15) is 98.9 Å². The first-order valence-electron chi connectivity index (χ1n) is 5.47. The van der Waals surface area contributed by atoms with E-state index in [4.69, 9.17) is 25.5 Å². The summed E-state index contributed by atoms with van der Waals surface area (Å²) in [5, 5.41) is 19.2. The van der Waals surface area contributed by atoms with Crippen LogP contribution in [-0.2, 0) is 24.0 Å². The van der Waals surface area contributed by atoms with Crippen LogP contribution in [0.2, 0.25) is 0 Å². The maximum absolute atomic E-state index is 10.2. The van der Waals surface area contributed by atoms with E-state index in [1.54, 1.807) is 0 Å². The maximum atomic E-state index is 10.2. The van der Waals surface area contributed by atoms with Crippen molar-refractivity contribution in [3.8, 4) is 0 Å². The molecule has 0 heterocycles. The first-order valence-corrected chi connectivity index (χ1v) is 5.47. The monoisotopic (exact) mass is 442 g/mol. The summed E-state index contributed by atoms with van der Waals surface area (Å²) in [4.78, 5) is 53.3. The van der Waals surface area contributed by atoms with E-state index in [9.17, 15) is 14.4 Å². The molecule has 0 atom stereocenters. The van der Waals surface area contributed by atoms with Crippen LogP contribution >= 0.6 is 0 Å². The Hall–Kier alpha value is -3.01. The summed E-state index contributed by atoms with van der Waals surface area (Å²) >= 11 is 0. The van der Waals surface area contributed by atoms with Gasteiger partial charge in [-0.1, -0.05) is 73.3 Å². The van der Waals surface area contributed by atoms with Gasteiger partial charge < -0.3 is 5.11 Å². The van der Waals surface area contributed by atoms with Crippen molar-refractivity contribution in [2.75, 3.05) is 0 Å². The fourth-order valence-electron chi connectivity index (χ4n) is 1.06. The van der Waals surface area contributed by atoms with Crippen LogP contribution in [0, 0.1) is 10.8 Å². The lowest BCUT2D eigenvalue weighted by atomic mass is 10.1. The third-order valence-electron chi connectivity index (χ3n) is 1.76. The first-order chi connectivity index (χ1) is 10.0. The van der Waals surface area contributed by atoms with Crippen molar-refractivity contribution in [3.05, 3.63) is 0 Å². The predicted molar refractivity (Wildman–Crippen MR) is 128 cm³/mol. The molecule has 0 bridgehead atoms. The molecule has 0 aliphatic heterocycles. The van der Waals surface area contributed by atoms with Crippen LogP contribution in [-0.4, -0.2) is 41.6 Å². The third kappa shape index (κ3) is 119. The van der Waals surface area contributed by atoms with Gasteiger partial charge in [0.1, 0.15) is 0 Å². The fraction of sp³-hybridized carbons (Fsp3) is 0.750. The molecule has 0 aliphatic carbocycles. The van der Waals surface area contributed by atoms with Gasteiger partial charge in [-0.15, -0.1) is 0 Å². The predicted octanol–water partition coefficient (Wildman–Crippen LogP) is 6.55. The molecule has 0 saturated heterocycles. The topological polar surface area (TPSA) is 178 Å². The highest BCUT2D eigenvalue weighted by Crippen LogP contribution is 2.08. The summed E-state index contributed by atoms with van der Waals surface area (Å²) in [5.41, 5.74) is 0. The first kappa shape index (κ1) is 81.1. The van der Waals surface area contributed by atoms with Crippen LogP contribution in [0.3, 0.4) is 0 Å². The van der Waals surface area contributed by atoms with Crippen molar-refractivity contribution in [2.24, 2.45) is 9.98 Å². The quantitative estimate of drug-likeness (QED) is 0.218. The molecule has 0 aromatic carbocycles. The molecule has 0 saturated carbocycles. The van der Waals surface area contributed by atoms with E-state index < -0.39 is 12.1 Å². The number of nitrogens with zero attached hydrogens (tertiary/aromatic N) is 2. The molecule has 0 unspecified atom stereocenters. The number of carbonyl (C=O) groups excluding carboxylic acids is 4. The molecule has 0 fully saturated rings. The number of carboxylic acids is 1. The van der Waals surface area contributed by atoms with Gasteiger partial charge in [0.15, 0.2) is 6.17 Å². The molecule has 30 heavy (non-hydrogen) atoms. The highest BCUT2D eigenvalue weighted by Gasteiger charge is 2.04. The molecule has 0 aromatic heterocycles. The minimum absolute atomic E-state index is 0. The molecule has 0 aromatic rings. The SMILES string of the molecule is C.C.C.C.C.C.C.C.C.N=C=O.N=C=O.O=C=NC(CCCCCC(=O)O)N=C=O. The second-order valence-corrected chi connectivity index (χ2v) is 3.12. The molecule has 186 valence electrons. The Morgan fingerprint density at radius 3 is 1.23 bits per heavy atom. The number of carboxylic acid groups (broad SMARTS) is 1. The Morgan fingerprint density at radius 1 is 0.700 bits per heavy atom. The molecule has 0 radical (unpaired) electrons. The summed E-state index contributed by atoms with van der Waals surface area (Å²) in [6.45, 7) is 0. The van der Waals surface area contributed by atoms with Gasteiger partial charge in [-0.3, -0.25) is 4.79 Å². The van der Waals surface area contributed by atoms with Crippen LogP contribution < -0.4 is 0 Å². The summed E-state index contributed by atoms with van der Waals surface area (Å²) < 4.78 is 0. The molecule has 0 amide bonds. The second-order valence-electron chi connectivity index (χ2n) is 3.12. The summed E-state index contributed by atoms with van der Waals surface area (Å²) in [6.07, 6.45) is 5.91. The minimum Gasteiger partial charge on any atom is -0.481 e. The van der Waals surface area contributed by atoms with Gasteiger partial charge in [-0.05, 0) is 19.3 Å². The second kappa shape index (κ2) is 82.9. The molecule has 0 rings (SSSR count). The third-order valence-corrected chi connectivity index (χ3v) is 1.76. The smallest absolute Gasteiger partial charge is 0.303 e.